The number of carbonyl (C=O) groups excluding carboxylic acids is 1. The first-order chi connectivity index (χ1) is 7.44. The number of rotatable bonds is 3. The van der Waals surface area contributed by atoms with Crippen molar-refractivity contribution in [3.8, 4) is 5.75 Å². The van der Waals surface area contributed by atoms with E-state index in [-0.39, 0.29) is 5.56 Å². The van der Waals surface area contributed by atoms with Gasteiger partial charge in [0.15, 0.2) is 5.78 Å². The van der Waals surface area contributed by atoms with Crippen molar-refractivity contribution >= 4 is 5.78 Å². The van der Waals surface area contributed by atoms with Gasteiger partial charge in [0.2, 0.25) is 0 Å². The Hall–Kier alpha value is -1.78. The lowest BCUT2D eigenvalue weighted by molar-refractivity contribution is -0.274. The topological polar surface area (TPSA) is 26.3 Å². The van der Waals surface area contributed by atoms with Gasteiger partial charge < -0.3 is 4.74 Å². The molecule has 0 aliphatic rings. The summed E-state index contributed by atoms with van der Waals surface area (Å²) in [4.78, 5) is 11.4. The van der Waals surface area contributed by atoms with E-state index < -0.39 is 17.9 Å². The fourth-order valence-corrected chi connectivity index (χ4v) is 1.13. The van der Waals surface area contributed by atoms with E-state index in [1.807, 2.05) is 0 Å². The van der Waals surface area contributed by atoms with Gasteiger partial charge in [-0.15, -0.1) is 13.2 Å². The van der Waals surface area contributed by atoms with Crippen LogP contribution in [-0.4, -0.2) is 12.1 Å². The number of hydrogen-bond acceptors (Lipinski definition) is 2. The molecule has 0 heterocycles. The predicted molar refractivity (Wildman–Crippen MR) is 52.3 cm³/mol. The lowest BCUT2D eigenvalue weighted by atomic mass is 10.1. The zero-order chi connectivity index (χ0) is 12.2. The van der Waals surface area contributed by atoms with E-state index in [1.165, 1.54) is 30.4 Å². The maximum absolute atomic E-state index is 12.0. The molecule has 0 saturated heterocycles. The number of carbonyl (C=O) groups is 1. The molecule has 0 amide bonds. The summed E-state index contributed by atoms with van der Waals surface area (Å²) in [5.41, 5.74) is -0.113. The van der Waals surface area contributed by atoms with Crippen LogP contribution in [0.3, 0.4) is 0 Å². The Kier molecular flexibility index (Phi) is 3.71. The van der Waals surface area contributed by atoms with Crippen molar-refractivity contribution in [3.63, 3.8) is 0 Å². The van der Waals surface area contributed by atoms with Gasteiger partial charge in [-0.2, -0.15) is 0 Å². The average Bonchev–Trinajstić information content (AvgIpc) is 2.16. The van der Waals surface area contributed by atoms with Gasteiger partial charge in [-0.3, -0.25) is 4.79 Å². The summed E-state index contributed by atoms with van der Waals surface area (Å²) in [6.45, 7) is 1.60. The third kappa shape index (κ3) is 3.42. The molecule has 1 rings (SSSR count). The molecule has 1 aromatic rings. The van der Waals surface area contributed by atoms with Crippen molar-refractivity contribution < 1.29 is 22.7 Å². The van der Waals surface area contributed by atoms with Crippen LogP contribution in [0, 0.1) is 0 Å². The summed E-state index contributed by atoms with van der Waals surface area (Å²) in [7, 11) is 0. The highest BCUT2D eigenvalue weighted by molar-refractivity contribution is 6.06. The lowest BCUT2D eigenvalue weighted by Crippen LogP contribution is -2.18. The third-order valence-electron chi connectivity index (χ3n) is 1.70. The Labute approximate surface area is 90.3 Å². The smallest absolute Gasteiger partial charge is 0.405 e. The van der Waals surface area contributed by atoms with Crippen LogP contribution in [0.4, 0.5) is 13.2 Å². The monoisotopic (exact) mass is 230 g/mol. The van der Waals surface area contributed by atoms with E-state index >= 15 is 0 Å². The second kappa shape index (κ2) is 4.83. The Morgan fingerprint density at radius 2 is 1.94 bits per heavy atom. The Balaban J connectivity index is 3.05. The predicted octanol–water partition coefficient (Wildman–Crippen LogP) is 3.34. The molecule has 0 aromatic heterocycles. The first kappa shape index (κ1) is 12.3. The van der Waals surface area contributed by atoms with Crippen LogP contribution in [0.2, 0.25) is 0 Å². The minimum Gasteiger partial charge on any atom is -0.405 e. The van der Waals surface area contributed by atoms with Gasteiger partial charge >= 0.3 is 6.36 Å². The number of allylic oxidation sites excluding steroid dienone is 2. The van der Waals surface area contributed by atoms with E-state index in [0.717, 1.165) is 6.07 Å². The van der Waals surface area contributed by atoms with Crippen LogP contribution in [0.5, 0.6) is 5.75 Å². The van der Waals surface area contributed by atoms with E-state index in [9.17, 15) is 18.0 Å². The minimum absolute atomic E-state index is 0.113. The van der Waals surface area contributed by atoms with Gasteiger partial charge in [-0.05, 0) is 25.1 Å². The molecule has 0 aliphatic carbocycles. The van der Waals surface area contributed by atoms with Crippen molar-refractivity contribution in [2.75, 3.05) is 0 Å². The molecule has 0 N–H and O–H groups in total. The van der Waals surface area contributed by atoms with Gasteiger partial charge in [0.05, 0.1) is 5.56 Å². The molecule has 0 unspecified atom stereocenters. The maximum Gasteiger partial charge on any atom is 0.573 e. The van der Waals surface area contributed by atoms with Crippen LogP contribution in [0.15, 0.2) is 36.4 Å². The average molecular weight is 230 g/mol. The number of hydrogen-bond donors (Lipinski definition) is 0. The molecule has 0 atom stereocenters. The van der Waals surface area contributed by atoms with Gasteiger partial charge in [-0.25, -0.2) is 0 Å². The van der Waals surface area contributed by atoms with E-state index in [2.05, 4.69) is 4.74 Å². The number of halogens is 3. The number of ketones is 1. The lowest BCUT2D eigenvalue weighted by Gasteiger charge is -2.11. The molecule has 0 spiro atoms. The van der Waals surface area contributed by atoms with Crippen molar-refractivity contribution in [2.45, 2.75) is 13.3 Å². The SMILES string of the molecule is CC=CC(=O)c1ccccc1OC(F)(F)F. The van der Waals surface area contributed by atoms with Crippen molar-refractivity contribution in [1.82, 2.24) is 0 Å². The number of para-hydroxylation sites is 1. The molecule has 5 heteroatoms. The Morgan fingerprint density at radius 1 is 1.31 bits per heavy atom. The quantitative estimate of drug-likeness (QED) is 0.588. The zero-order valence-corrected chi connectivity index (χ0v) is 8.41. The van der Waals surface area contributed by atoms with Crippen LogP contribution < -0.4 is 4.74 Å². The zero-order valence-electron chi connectivity index (χ0n) is 8.41. The normalized spacial score (nSPS) is 11.8. The second-order valence-corrected chi connectivity index (χ2v) is 2.91. The fourth-order valence-electron chi connectivity index (χ4n) is 1.13. The summed E-state index contributed by atoms with van der Waals surface area (Å²) in [5, 5.41) is 0. The fraction of sp³-hybridized carbons (Fsp3) is 0.182. The second-order valence-electron chi connectivity index (χ2n) is 2.91. The molecule has 0 radical (unpaired) electrons. The summed E-state index contributed by atoms with van der Waals surface area (Å²) in [5.74, 6) is -1.01. The highest BCUT2D eigenvalue weighted by atomic mass is 19.4. The molecule has 86 valence electrons. The van der Waals surface area contributed by atoms with Crippen molar-refractivity contribution in [2.24, 2.45) is 0 Å². The van der Waals surface area contributed by atoms with E-state index in [4.69, 9.17) is 0 Å². The molecule has 16 heavy (non-hydrogen) atoms. The molecule has 1 aromatic carbocycles. The van der Waals surface area contributed by atoms with Crippen molar-refractivity contribution in [3.05, 3.63) is 42.0 Å². The van der Waals surface area contributed by atoms with Gasteiger partial charge in [0.1, 0.15) is 5.75 Å². The van der Waals surface area contributed by atoms with Crippen LogP contribution in [0.1, 0.15) is 17.3 Å². The molecule has 0 aliphatic heterocycles. The van der Waals surface area contributed by atoms with Crippen LogP contribution >= 0.6 is 0 Å². The standard InChI is InChI=1S/C11H9F3O2/c1-2-5-9(15)8-6-3-4-7-10(8)16-11(12,13)14/h2-7H,1H3. The third-order valence-corrected chi connectivity index (χ3v) is 1.70. The largest absolute Gasteiger partial charge is 0.573 e. The molecule has 0 bridgehead atoms. The maximum atomic E-state index is 12.0. The molecule has 2 nitrogen and oxygen atoms in total. The highest BCUT2D eigenvalue weighted by Gasteiger charge is 2.32. The number of alkyl halides is 3. The van der Waals surface area contributed by atoms with Crippen LogP contribution in [-0.2, 0) is 0 Å². The van der Waals surface area contributed by atoms with E-state index in [0.29, 0.717) is 0 Å². The van der Waals surface area contributed by atoms with Crippen molar-refractivity contribution in [1.29, 1.82) is 0 Å². The first-order valence-electron chi connectivity index (χ1n) is 4.46. The summed E-state index contributed by atoms with van der Waals surface area (Å²) >= 11 is 0. The summed E-state index contributed by atoms with van der Waals surface area (Å²) in [6, 6.07) is 5.22. The summed E-state index contributed by atoms with van der Waals surface area (Å²) in [6.07, 6.45) is -2.17. The first-order valence-corrected chi connectivity index (χ1v) is 4.46. The minimum atomic E-state index is -4.80. The van der Waals surface area contributed by atoms with Gasteiger partial charge in [-0.1, -0.05) is 18.2 Å². The molecule has 0 saturated carbocycles. The number of ether oxygens (including phenoxy) is 1. The summed E-state index contributed by atoms with van der Waals surface area (Å²) < 4.78 is 39.8. The van der Waals surface area contributed by atoms with Gasteiger partial charge in [0.25, 0.3) is 0 Å². The molecule has 0 fully saturated rings. The van der Waals surface area contributed by atoms with Crippen LogP contribution in [0.25, 0.3) is 0 Å². The highest BCUT2D eigenvalue weighted by Crippen LogP contribution is 2.26. The molecular weight excluding hydrogens is 221 g/mol. The van der Waals surface area contributed by atoms with Gasteiger partial charge in [0, 0.05) is 0 Å². The Morgan fingerprint density at radius 3 is 2.50 bits per heavy atom. The number of benzene rings is 1. The molecular formula is C11H9F3O2. The van der Waals surface area contributed by atoms with E-state index in [1.54, 1.807) is 6.92 Å². The Bertz CT molecular complexity index is 408.